The molecule has 1 heterocycles. The van der Waals surface area contributed by atoms with Crippen molar-refractivity contribution in [3.63, 3.8) is 0 Å². The topological polar surface area (TPSA) is 84.4 Å². The Morgan fingerprint density at radius 1 is 1.25 bits per heavy atom. The number of carbonyl (C=O) groups excluding carboxylic acids is 1. The lowest BCUT2D eigenvalue weighted by molar-refractivity contribution is -0.690. The monoisotopic (exact) mass is 299 g/mol. The van der Waals surface area contributed by atoms with E-state index in [1.54, 1.807) is 38.4 Å². The lowest BCUT2D eigenvalue weighted by Crippen LogP contribution is -2.90. The van der Waals surface area contributed by atoms with Crippen LogP contribution in [0.15, 0.2) is 12.1 Å². The summed E-state index contributed by atoms with van der Waals surface area (Å²) in [4.78, 5) is 10.9. The molecule has 0 aliphatic carbocycles. The van der Waals surface area contributed by atoms with Gasteiger partial charge >= 0.3 is 0 Å². The molecule has 2 rings (SSSR count). The summed E-state index contributed by atoms with van der Waals surface area (Å²) in [6.07, 6.45) is 0. The SMILES string of the molecule is COc1cc([C@@H]2[NH2+][C@H](C(=O)[O-])CS2)cc(OC)c1OC. The van der Waals surface area contributed by atoms with Crippen LogP contribution in [0, 0.1) is 0 Å². The van der Waals surface area contributed by atoms with Crippen molar-refractivity contribution in [3.05, 3.63) is 17.7 Å². The smallest absolute Gasteiger partial charge is 0.203 e. The Morgan fingerprint density at radius 3 is 2.25 bits per heavy atom. The molecule has 0 radical (unpaired) electrons. The lowest BCUT2D eigenvalue weighted by atomic mass is 10.1. The molecule has 0 amide bonds. The first-order valence-electron chi connectivity index (χ1n) is 6.08. The maximum absolute atomic E-state index is 10.9. The highest BCUT2D eigenvalue weighted by atomic mass is 32.2. The average molecular weight is 299 g/mol. The Labute approximate surface area is 121 Å². The molecule has 0 bridgehead atoms. The van der Waals surface area contributed by atoms with E-state index >= 15 is 0 Å². The number of hydrogen-bond donors (Lipinski definition) is 1. The van der Waals surface area contributed by atoms with Crippen LogP contribution in [-0.4, -0.2) is 39.1 Å². The molecule has 1 aliphatic rings. The highest BCUT2D eigenvalue weighted by Crippen LogP contribution is 2.41. The number of carboxylic acids is 1. The van der Waals surface area contributed by atoms with Crippen LogP contribution in [0.3, 0.4) is 0 Å². The van der Waals surface area contributed by atoms with Gasteiger partial charge in [0.1, 0.15) is 12.0 Å². The van der Waals surface area contributed by atoms with Gasteiger partial charge in [0.05, 0.1) is 27.1 Å². The summed E-state index contributed by atoms with van der Waals surface area (Å²) in [7, 11) is 4.65. The van der Waals surface area contributed by atoms with Gasteiger partial charge in [0.2, 0.25) is 5.75 Å². The van der Waals surface area contributed by atoms with Crippen LogP contribution < -0.4 is 24.6 Å². The van der Waals surface area contributed by atoms with Crippen LogP contribution in [0.25, 0.3) is 0 Å². The summed E-state index contributed by atoms with van der Waals surface area (Å²) in [6, 6.07) is 3.16. The minimum atomic E-state index is -1.03. The third-order valence-electron chi connectivity index (χ3n) is 3.18. The molecule has 20 heavy (non-hydrogen) atoms. The number of rotatable bonds is 5. The molecular formula is C13H17NO5S. The number of thioether (sulfide) groups is 1. The second kappa shape index (κ2) is 6.23. The predicted octanol–water partition coefficient (Wildman–Crippen LogP) is -0.860. The van der Waals surface area contributed by atoms with Crippen molar-refractivity contribution >= 4 is 17.7 Å². The van der Waals surface area contributed by atoms with Crippen LogP contribution in [-0.2, 0) is 4.79 Å². The molecule has 0 spiro atoms. The van der Waals surface area contributed by atoms with E-state index in [2.05, 4.69) is 0 Å². The van der Waals surface area contributed by atoms with Crippen molar-refractivity contribution in [3.8, 4) is 17.2 Å². The molecule has 6 nitrogen and oxygen atoms in total. The van der Waals surface area contributed by atoms with Crippen LogP contribution in [0.4, 0.5) is 0 Å². The van der Waals surface area contributed by atoms with E-state index in [9.17, 15) is 9.90 Å². The summed E-state index contributed by atoms with van der Waals surface area (Å²) < 4.78 is 15.9. The zero-order valence-electron chi connectivity index (χ0n) is 11.5. The number of methoxy groups -OCH3 is 3. The fraction of sp³-hybridized carbons (Fsp3) is 0.462. The fourth-order valence-corrected chi connectivity index (χ4v) is 3.44. The summed E-state index contributed by atoms with van der Waals surface area (Å²) in [5.41, 5.74) is 0.924. The van der Waals surface area contributed by atoms with E-state index in [0.717, 1.165) is 5.56 Å². The van der Waals surface area contributed by atoms with E-state index < -0.39 is 12.0 Å². The zero-order valence-corrected chi connectivity index (χ0v) is 12.4. The van der Waals surface area contributed by atoms with E-state index in [4.69, 9.17) is 14.2 Å². The number of quaternary nitrogens is 1. The molecule has 2 N–H and O–H groups in total. The maximum atomic E-state index is 10.9. The van der Waals surface area contributed by atoms with Gasteiger partial charge in [0, 0.05) is 5.56 Å². The highest BCUT2D eigenvalue weighted by molar-refractivity contribution is 7.99. The van der Waals surface area contributed by atoms with Crippen molar-refractivity contribution < 1.29 is 29.4 Å². The van der Waals surface area contributed by atoms with E-state index in [0.29, 0.717) is 23.0 Å². The minimum Gasteiger partial charge on any atom is -0.544 e. The van der Waals surface area contributed by atoms with E-state index in [-0.39, 0.29) is 5.37 Å². The molecule has 2 atom stereocenters. The van der Waals surface area contributed by atoms with Gasteiger partial charge < -0.3 is 29.4 Å². The largest absolute Gasteiger partial charge is 0.544 e. The van der Waals surface area contributed by atoms with E-state index in [1.807, 2.05) is 12.1 Å². The Kier molecular flexibility index (Phi) is 4.61. The van der Waals surface area contributed by atoms with Gasteiger partial charge in [-0.15, -0.1) is 0 Å². The van der Waals surface area contributed by atoms with Gasteiger partial charge in [-0.25, -0.2) is 0 Å². The van der Waals surface area contributed by atoms with Gasteiger partial charge in [0.25, 0.3) is 0 Å². The van der Waals surface area contributed by atoms with E-state index in [1.165, 1.54) is 0 Å². The quantitative estimate of drug-likeness (QED) is 0.761. The van der Waals surface area contributed by atoms with Crippen LogP contribution >= 0.6 is 11.8 Å². The average Bonchev–Trinajstić information content (AvgIpc) is 2.95. The van der Waals surface area contributed by atoms with Crippen LogP contribution in [0.5, 0.6) is 17.2 Å². The third-order valence-corrected chi connectivity index (χ3v) is 4.52. The number of carboxylic acid groups (broad SMARTS) is 1. The normalized spacial score (nSPS) is 21.6. The standard InChI is InChI=1S/C13H17NO5S/c1-17-9-4-7(5-10(18-2)11(9)19-3)12-14-8(6-20-12)13(15)16/h4-5,8,12,14H,6H2,1-3H3,(H,15,16)/t8-,12+/m0/s1. The van der Waals surface area contributed by atoms with Crippen molar-refractivity contribution in [2.75, 3.05) is 27.1 Å². The van der Waals surface area contributed by atoms with Crippen molar-refractivity contribution in [1.29, 1.82) is 0 Å². The molecule has 1 aliphatic heterocycles. The summed E-state index contributed by atoms with van der Waals surface area (Å²) in [5.74, 6) is 1.13. The second-order valence-corrected chi connectivity index (χ2v) is 5.51. The predicted molar refractivity (Wildman–Crippen MR) is 72.0 cm³/mol. The number of aliphatic carboxylic acids is 1. The van der Waals surface area contributed by atoms with Gasteiger partial charge in [-0.05, 0) is 12.1 Å². The van der Waals surface area contributed by atoms with Crippen LogP contribution in [0.1, 0.15) is 10.9 Å². The van der Waals surface area contributed by atoms with Crippen molar-refractivity contribution in [2.24, 2.45) is 0 Å². The molecule has 1 aromatic carbocycles. The Morgan fingerprint density at radius 2 is 1.85 bits per heavy atom. The molecule has 0 unspecified atom stereocenters. The Bertz CT molecular complexity index is 483. The second-order valence-electron chi connectivity index (χ2n) is 4.33. The number of ether oxygens (including phenoxy) is 3. The molecule has 7 heteroatoms. The number of nitrogens with two attached hydrogens (primary N) is 1. The number of hydrogen-bond acceptors (Lipinski definition) is 6. The lowest BCUT2D eigenvalue weighted by Gasteiger charge is -2.16. The third kappa shape index (κ3) is 2.78. The first-order chi connectivity index (χ1) is 9.60. The fourth-order valence-electron chi connectivity index (χ4n) is 2.15. The van der Waals surface area contributed by atoms with Gasteiger partial charge in [-0.2, -0.15) is 0 Å². The highest BCUT2D eigenvalue weighted by Gasteiger charge is 2.32. The summed E-state index contributed by atoms with van der Waals surface area (Å²) in [5, 5.41) is 12.7. The number of benzene rings is 1. The summed E-state index contributed by atoms with van der Waals surface area (Å²) >= 11 is 1.56. The molecule has 1 saturated heterocycles. The number of carbonyl (C=O) groups is 1. The van der Waals surface area contributed by atoms with Gasteiger partial charge in [0.15, 0.2) is 16.9 Å². The Hall–Kier alpha value is -1.60. The molecule has 0 aromatic heterocycles. The molecule has 1 aromatic rings. The van der Waals surface area contributed by atoms with Crippen molar-refractivity contribution in [2.45, 2.75) is 11.4 Å². The van der Waals surface area contributed by atoms with Crippen LogP contribution in [0.2, 0.25) is 0 Å². The first-order valence-corrected chi connectivity index (χ1v) is 7.13. The Balaban J connectivity index is 2.31. The summed E-state index contributed by atoms with van der Waals surface area (Å²) in [6.45, 7) is 0. The molecule has 0 saturated carbocycles. The molecular weight excluding hydrogens is 282 g/mol. The maximum Gasteiger partial charge on any atom is 0.203 e. The first kappa shape index (κ1) is 14.8. The molecule has 1 fully saturated rings. The molecule has 110 valence electrons. The van der Waals surface area contributed by atoms with Gasteiger partial charge in [-0.1, -0.05) is 11.8 Å². The zero-order chi connectivity index (χ0) is 14.7. The van der Waals surface area contributed by atoms with Crippen molar-refractivity contribution in [1.82, 2.24) is 0 Å². The minimum absolute atomic E-state index is 0.0217. The van der Waals surface area contributed by atoms with Gasteiger partial charge in [-0.3, -0.25) is 0 Å².